The number of anilines is 2. The van der Waals surface area contributed by atoms with Crippen LogP contribution in [0, 0.1) is 0 Å². The van der Waals surface area contributed by atoms with Crippen molar-refractivity contribution in [2.24, 2.45) is 0 Å². The lowest BCUT2D eigenvalue weighted by Crippen LogP contribution is -2.38. The van der Waals surface area contributed by atoms with Gasteiger partial charge in [0.15, 0.2) is 5.13 Å². The molecule has 1 aromatic rings. The Labute approximate surface area is 131 Å². The number of nitrogen functional groups attached to an aromatic ring is 1. The third-order valence-electron chi connectivity index (χ3n) is 4.09. The van der Waals surface area contributed by atoms with Gasteiger partial charge in [-0.15, -0.1) is 0 Å². The lowest BCUT2D eigenvalue weighted by molar-refractivity contribution is 0.0699. The largest absolute Gasteiger partial charge is 0.382 e. The van der Waals surface area contributed by atoms with Crippen molar-refractivity contribution in [2.75, 3.05) is 30.8 Å². The summed E-state index contributed by atoms with van der Waals surface area (Å²) in [6, 6.07) is 0.376. The summed E-state index contributed by atoms with van der Waals surface area (Å²) in [6.07, 6.45) is 5.71. The van der Waals surface area contributed by atoms with Crippen LogP contribution in [0.1, 0.15) is 55.6 Å². The third kappa shape index (κ3) is 3.48. The Morgan fingerprint density at radius 2 is 2.05 bits per heavy atom. The van der Waals surface area contributed by atoms with Gasteiger partial charge in [0.1, 0.15) is 10.7 Å². The van der Waals surface area contributed by atoms with Gasteiger partial charge in [0.25, 0.3) is 5.91 Å². The monoisotopic (exact) mass is 310 g/mol. The van der Waals surface area contributed by atoms with Crippen molar-refractivity contribution in [3.05, 3.63) is 4.88 Å². The molecule has 1 aliphatic rings. The lowest BCUT2D eigenvalue weighted by atomic mass is 10.2. The Morgan fingerprint density at radius 3 is 2.62 bits per heavy atom. The summed E-state index contributed by atoms with van der Waals surface area (Å²) in [5.41, 5.74) is 5.99. The van der Waals surface area contributed by atoms with Crippen LogP contribution in [0.3, 0.4) is 0 Å². The summed E-state index contributed by atoms with van der Waals surface area (Å²) in [5, 5.41) is 0.833. The van der Waals surface area contributed by atoms with Crippen molar-refractivity contribution in [1.82, 2.24) is 9.88 Å². The topological polar surface area (TPSA) is 62.5 Å². The minimum absolute atomic E-state index is 0.0514. The van der Waals surface area contributed by atoms with Crippen LogP contribution in [0.25, 0.3) is 0 Å². The molecule has 1 fully saturated rings. The molecular formula is C15H26N4OS. The lowest BCUT2D eigenvalue weighted by Gasteiger charge is -2.27. The van der Waals surface area contributed by atoms with Gasteiger partial charge in [-0.2, -0.15) is 0 Å². The van der Waals surface area contributed by atoms with Gasteiger partial charge in [0.2, 0.25) is 0 Å². The number of amides is 1. The van der Waals surface area contributed by atoms with Crippen LogP contribution >= 0.6 is 11.3 Å². The van der Waals surface area contributed by atoms with Gasteiger partial charge < -0.3 is 15.5 Å². The second-order valence-electron chi connectivity index (χ2n) is 5.66. The first kappa shape index (κ1) is 16.1. The third-order valence-corrected chi connectivity index (χ3v) is 5.26. The van der Waals surface area contributed by atoms with Crippen molar-refractivity contribution >= 4 is 28.2 Å². The van der Waals surface area contributed by atoms with Gasteiger partial charge >= 0.3 is 0 Å². The molecule has 1 saturated carbocycles. The molecule has 0 spiro atoms. The van der Waals surface area contributed by atoms with Crippen LogP contribution in [0.15, 0.2) is 0 Å². The maximum absolute atomic E-state index is 12.8. The quantitative estimate of drug-likeness (QED) is 0.877. The number of hydrogen-bond acceptors (Lipinski definition) is 5. The van der Waals surface area contributed by atoms with Gasteiger partial charge in [-0.1, -0.05) is 31.1 Å². The van der Waals surface area contributed by atoms with Crippen molar-refractivity contribution in [3.8, 4) is 0 Å². The maximum atomic E-state index is 12.8. The molecule has 0 bridgehead atoms. The maximum Gasteiger partial charge on any atom is 0.268 e. The normalized spacial score (nSPS) is 15.4. The molecular weight excluding hydrogens is 284 g/mol. The van der Waals surface area contributed by atoms with Crippen LogP contribution in [-0.4, -0.2) is 42.0 Å². The highest BCUT2D eigenvalue weighted by molar-refractivity contribution is 7.18. The van der Waals surface area contributed by atoms with Gasteiger partial charge in [0, 0.05) is 26.2 Å². The number of nitrogens with zero attached hydrogens (tertiary/aromatic N) is 3. The highest BCUT2D eigenvalue weighted by Gasteiger charge is 2.29. The predicted octanol–water partition coefficient (Wildman–Crippen LogP) is 2.98. The number of hydrogen-bond donors (Lipinski definition) is 1. The second-order valence-corrected chi connectivity index (χ2v) is 6.64. The average Bonchev–Trinajstić information content (AvgIpc) is 3.09. The standard InChI is InChI=1S/C15H26N4OS/c1-4-10-18(3)15-17-13(16)12(21-15)14(20)19(5-2)11-8-6-7-9-11/h11H,4-10,16H2,1-3H3. The van der Waals surface area contributed by atoms with E-state index in [1.54, 1.807) is 0 Å². The van der Waals surface area contributed by atoms with E-state index in [0.717, 1.165) is 37.5 Å². The Bertz CT molecular complexity index is 482. The summed E-state index contributed by atoms with van der Waals surface area (Å²) < 4.78 is 0. The molecule has 0 radical (unpaired) electrons. The molecule has 2 N–H and O–H groups in total. The first-order valence-corrected chi connectivity index (χ1v) is 8.68. The Balaban J connectivity index is 2.17. The fourth-order valence-electron chi connectivity index (χ4n) is 2.98. The molecule has 1 aliphatic carbocycles. The fourth-order valence-corrected chi connectivity index (χ4v) is 3.91. The van der Waals surface area contributed by atoms with Crippen molar-refractivity contribution in [2.45, 2.75) is 52.0 Å². The van der Waals surface area contributed by atoms with Gasteiger partial charge in [-0.3, -0.25) is 4.79 Å². The molecule has 21 heavy (non-hydrogen) atoms. The van der Waals surface area contributed by atoms with Crippen LogP contribution in [-0.2, 0) is 0 Å². The SMILES string of the molecule is CCCN(C)c1nc(N)c(C(=O)N(CC)C2CCCC2)s1. The summed E-state index contributed by atoms with van der Waals surface area (Å²) in [4.78, 5) is 21.8. The Kier molecular flexibility index (Phi) is 5.45. The molecule has 0 aromatic carbocycles. The van der Waals surface area contributed by atoms with Crippen molar-refractivity contribution in [1.29, 1.82) is 0 Å². The van der Waals surface area contributed by atoms with E-state index in [0.29, 0.717) is 16.7 Å². The zero-order valence-electron chi connectivity index (χ0n) is 13.3. The minimum atomic E-state index is 0.0514. The number of carbonyl (C=O) groups is 1. The van der Waals surface area contributed by atoms with E-state index in [9.17, 15) is 4.79 Å². The number of nitrogens with two attached hydrogens (primary N) is 1. The van der Waals surface area contributed by atoms with Crippen LogP contribution in [0.5, 0.6) is 0 Å². The van der Waals surface area contributed by atoms with E-state index in [2.05, 4.69) is 16.8 Å². The number of carbonyl (C=O) groups excluding carboxylic acids is 1. The average molecular weight is 310 g/mol. The molecule has 6 heteroatoms. The summed E-state index contributed by atoms with van der Waals surface area (Å²) >= 11 is 1.42. The van der Waals surface area contributed by atoms with Crippen molar-refractivity contribution in [3.63, 3.8) is 0 Å². The van der Waals surface area contributed by atoms with E-state index in [-0.39, 0.29) is 5.91 Å². The van der Waals surface area contributed by atoms with E-state index in [4.69, 9.17) is 5.73 Å². The zero-order valence-corrected chi connectivity index (χ0v) is 14.1. The van der Waals surface area contributed by atoms with Gasteiger partial charge in [-0.25, -0.2) is 4.98 Å². The smallest absolute Gasteiger partial charge is 0.268 e. The van der Waals surface area contributed by atoms with Gasteiger partial charge in [-0.05, 0) is 26.2 Å². The molecule has 0 aliphatic heterocycles. The zero-order chi connectivity index (χ0) is 15.4. The predicted molar refractivity (Wildman–Crippen MR) is 89.1 cm³/mol. The Morgan fingerprint density at radius 1 is 1.38 bits per heavy atom. The molecule has 118 valence electrons. The minimum Gasteiger partial charge on any atom is -0.382 e. The van der Waals surface area contributed by atoms with E-state index in [1.165, 1.54) is 24.2 Å². The Hall–Kier alpha value is -1.30. The molecule has 0 unspecified atom stereocenters. The molecule has 0 saturated heterocycles. The summed E-state index contributed by atoms with van der Waals surface area (Å²) in [5.74, 6) is 0.426. The first-order valence-electron chi connectivity index (χ1n) is 7.86. The number of aromatic nitrogens is 1. The summed E-state index contributed by atoms with van der Waals surface area (Å²) in [7, 11) is 1.99. The highest BCUT2D eigenvalue weighted by Crippen LogP contribution is 2.31. The molecule has 1 heterocycles. The van der Waals surface area contributed by atoms with Crippen LogP contribution in [0.2, 0.25) is 0 Å². The second kappa shape index (κ2) is 7.11. The van der Waals surface area contributed by atoms with E-state index in [1.807, 2.05) is 18.9 Å². The van der Waals surface area contributed by atoms with Gasteiger partial charge in [0.05, 0.1) is 0 Å². The van der Waals surface area contributed by atoms with E-state index >= 15 is 0 Å². The first-order chi connectivity index (χ1) is 10.1. The molecule has 5 nitrogen and oxygen atoms in total. The molecule has 1 amide bonds. The number of rotatable bonds is 6. The highest BCUT2D eigenvalue weighted by atomic mass is 32.1. The van der Waals surface area contributed by atoms with Crippen molar-refractivity contribution < 1.29 is 4.79 Å². The van der Waals surface area contributed by atoms with E-state index < -0.39 is 0 Å². The summed E-state index contributed by atoms with van der Waals surface area (Å²) in [6.45, 7) is 5.82. The van der Waals surface area contributed by atoms with Crippen LogP contribution in [0.4, 0.5) is 10.9 Å². The molecule has 0 atom stereocenters. The molecule has 2 rings (SSSR count). The van der Waals surface area contributed by atoms with Crippen LogP contribution < -0.4 is 10.6 Å². The molecule has 1 aromatic heterocycles. The number of thiazole rings is 1. The fraction of sp³-hybridized carbons (Fsp3) is 0.733.